The second-order valence-corrected chi connectivity index (χ2v) is 6.72. The van der Waals surface area contributed by atoms with Crippen LogP contribution in [0.1, 0.15) is 36.0 Å². The van der Waals surface area contributed by atoms with Crippen LogP contribution >= 0.6 is 0 Å². The fourth-order valence-electron chi connectivity index (χ4n) is 4.07. The fourth-order valence-corrected chi connectivity index (χ4v) is 4.07. The first-order chi connectivity index (χ1) is 12.2. The van der Waals surface area contributed by atoms with E-state index >= 15 is 0 Å². The van der Waals surface area contributed by atoms with Crippen LogP contribution in [-0.4, -0.2) is 15.5 Å². The maximum atomic E-state index is 13.0. The second kappa shape index (κ2) is 5.02. The standard InChI is InChI=1S/C20H17N3O2/c1-2-13-14-8-17-18-12(7-11-5-3-4-6-16(11)22-18)10-23(17)20(25)15(14)9-21-19(13)24/h3-8,13H,2,9-10H2,1H3,(H,21,24)/t13-/m1/s1. The molecule has 5 nitrogen and oxygen atoms in total. The van der Waals surface area contributed by atoms with Crippen LogP contribution in [0.15, 0.2) is 41.2 Å². The molecule has 0 bridgehead atoms. The van der Waals surface area contributed by atoms with Gasteiger partial charge in [0, 0.05) is 23.1 Å². The number of nitrogens with one attached hydrogen (secondary N) is 1. The van der Waals surface area contributed by atoms with Crippen LogP contribution in [0.2, 0.25) is 0 Å². The van der Waals surface area contributed by atoms with E-state index in [2.05, 4.69) is 11.4 Å². The van der Waals surface area contributed by atoms with Gasteiger partial charge in [0.2, 0.25) is 5.91 Å². The number of carbonyl (C=O) groups excluding carboxylic acids is 1. The number of hydrogen-bond donors (Lipinski definition) is 1. The van der Waals surface area contributed by atoms with E-state index in [0.29, 0.717) is 25.1 Å². The molecule has 0 aliphatic carbocycles. The predicted octanol–water partition coefficient (Wildman–Crippen LogP) is 2.55. The summed E-state index contributed by atoms with van der Waals surface area (Å²) < 4.78 is 1.79. The van der Waals surface area contributed by atoms with Gasteiger partial charge in [0.05, 0.1) is 29.4 Å². The lowest BCUT2D eigenvalue weighted by molar-refractivity contribution is -0.123. The van der Waals surface area contributed by atoms with Crippen LogP contribution in [0.3, 0.4) is 0 Å². The Labute approximate surface area is 144 Å². The van der Waals surface area contributed by atoms with E-state index in [1.807, 2.05) is 37.3 Å². The molecule has 5 rings (SSSR count). The Balaban J connectivity index is 1.79. The van der Waals surface area contributed by atoms with Crippen molar-refractivity contribution >= 4 is 16.8 Å². The summed E-state index contributed by atoms with van der Waals surface area (Å²) >= 11 is 0. The van der Waals surface area contributed by atoms with E-state index in [4.69, 9.17) is 4.98 Å². The number of rotatable bonds is 1. The Morgan fingerprint density at radius 2 is 2.08 bits per heavy atom. The van der Waals surface area contributed by atoms with E-state index < -0.39 is 0 Å². The molecule has 1 amide bonds. The Morgan fingerprint density at radius 1 is 1.24 bits per heavy atom. The zero-order chi connectivity index (χ0) is 17.1. The minimum absolute atomic E-state index is 0.00374. The highest BCUT2D eigenvalue weighted by atomic mass is 16.2. The smallest absolute Gasteiger partial charge is 0.256 e. The predicted molar refractivity (Wildman–Crippen MR) is 95.4 cm³/mol. The summed E-state index contributed by atoms with van der Waals surface area (Å²) in [5, 5.41) is 3.93. The van der Waals surface area contributed by atoms with Crippen molar-refractivity contribution < 1.29 is 4.79 Å². The highest BCUT2D eigenvalue weighted by Crippen LogP contribution is 2.35. The molecule has 0 spiro atoms. The quantitative estimate of drug-likeness (QED) is 0.583. The van der Waals surface area contributed by atoms with E-state index in [0.717, 1.165) is 33.4 Å². The van der Waals surface area contributed by atoms with Gasteiger partial charge in [0.25, 0.3) is 5.56 Å². The maximum absolute atomic E-state index is 13.0. The van der Waals surface area contributed by atoms with E-state index in [1.54, 1.807) is 4.57 Å². The summed E-state index contributed by atoms with van der Waals surface area (Å²) in [6.07, 6.45) is 0.680. The summed E-state index contributed by atoms with van der Waals surface area (Å²) in [5.41, 5.74) is 5.25. The lowest BCUT2D eigenvalue weighted by Crippen LogP contribution is -2.39. The minimum atomic E-state index is -0.258. The lowest BCUT2D eigenvalue weighted by Gasteiger charge is -2.25. The molecule has 2 aliphatic heterocycles. The van der Waals surface area contributed by atoms with Crippen LogP contribution in [0.5, 0.6) is 0 Å². The summed E-state index contributed by atoms with van der Waals surface area (Å²) in [4.78, 5) is 30.0. The topological polar surface area (TPSA) is 64.0 Å². The first-order valence-corrected chi connectivity index (χ1v) is 8.60. The average molecular weight is 331 g/mol. The van der Waals surface area contributed by atoms with Crippen molar-refractivity contribution in [2.75, 3.05) is 0 Å². The number of fused-ring (bicyclic) bond motifs is 5. The molecule has 2 aliphatic rings. The molecule has 0 fully saturated rings. The number of aromatic nitrogens is 2. The van der Waals surface area contributed by atoms with Gasteiger partial charge in [-0.1, -0.05) is 25.1 Å². The molecule has 0 saturated carbocycles. The zero-order valence-electron chi connectivity index (χ0n) is 13.9. The third-order valence-corrected chi connectivity index (χ3v) is 5.35. The van der Waals surface area contributed by atoms with E-state index in [9.17, 15) is 9.59 Å². The monoisotopic (exact) mass is 331 g/mol. The molecular formula is C20H17N3O2. The molecule has 3 aromatic rings. The van der Waals surface area contributed by atoms with Crippen molar-refractivity contribution in [3.8, 4) is 11.4 Å². The number of hydrogen-bond acceptors (Lipinski definition) is 3. The summed E-state index contributed by atoms with van der Waals surface area (Å²) in [5.74, 6) is -0.254. The average Bonchev–Trinajstić information content (AvgIpc) is 2.98. The summed E-state index contributed by atoms with van der Waals surface area (Å²) in [6, 6.07) is 12.1. The van der Waals surface area contributed by atoms with Crippen molar-refractivity contribution in [1.29, 1.82) is 0 Å². The van der Waals surface area contributed by atoms with Crippen LogP contribution in [0.25, 0.3) is 22.3 Å². The lowest BCUT2D eigenvalue weighted by atomic mass is 9.88. The van der Waals surface area contributed by atoms with Gasteiger partial charge in [0.1, 0.15) is 0 Å². The van der Waals surface area contributed by atoms with Gasteiger partial charge in [-0.15, -0.1) is 0 Å². The molecule has 0 saturated heterocycles. The van der Waals surface area contributed by atoms with Crippen molar-refractivity contribution in [2.24, 2.45) is 0 Å². The number of pyridine rings is 2. The second-order valence-electron chi connectivity index (χ2n) is 6.72. The molecule has 4 heterocycles. The molecular weight excluding hydrogens is 314 g/mol. The summed E-state index contributed by atoms with van der Waals surface area (Å²) in [6.45, 7) is 2.83. The number of benzene rings is 1. The van der Waals surface area contributed by atoms with Gasteiger partial charge in [-0.25, -0.2) is 4.98 Å². The number of nitrogens with zero attached hydrogens (tertiary/aromatic N) is 2. The van der Waals surface area contributed by atoms with Crippen molar-refractivity contribution in [2.45, 2.75) is 32.4 Å². The van der Waals surface area contributed by atoms with Gasteiger partial charge in [0.15, 0.2) is 0 Å². The third kappa shape index (κ3) is 1.92. The van der Waals surface area contributed by atoms with Gasteiger partial charge in [-0.2, -0.15) is 0 Å². The highest BCUT2D eigenvalue weighted by Gasteiger charge is 2.32. The SMILES string of the molecule is CC[C@H]1C(=O)NCc2c1cc1n(c2=O)Cc2cc3ccccc3nc2-1. The van der Waals surface area contributed by atoms with Gasteiger partial charge in [-0.3, -0.25) is 9.59 Å². The largest absolute Gasteiger partial charge is 0.351 e. The first-order valence-electron chi connectivity index (χ1n) is 8.60. The molecule has 1 N–H and O–H groups in total. The number of para-hydroxylation sites is 1. The first kappa shape index (κ1) is 14.4. The minimum Gasteiger partial charge on any atom is -0.351 e. The van der Waals surface area contributed by atoms with E-state index in [-0.39, 0.29) is 17.4 Å². The van der Waals surface area contributed by atoms with Gasteiger partial charge < -0.3 is 9.88 Å². The van der Waals surface area contributed by atoms with Crippen LogP contribution in [0.4, 0.5) is 0 Å². The molecule has 0 unspecified atom stereocenters. The third-order valence-electron chi connectivity index (χ3n) is 5.35. The molecule has 2 aromatic heterocycles. The highest BCUT2D eigenvalue weighted by molar-refractivity contribution is 5.87. The Hall–Kier alpha value is -2.95. The fraction of sp³-hybridized carbons (Fsp3) is 0.250. The van der Waals surface area contributed by atoms with Crippen molar-refractivity contribution in [3.05, 3.63) is 63.4 Å². The molecule has 0 radical (unpaired) electrons. The molecule has 5 heteroatoms. The van der Waals surface area contributed by atoms with Crippen LogP contribution in [-0.2, 0) is 17.9 Å². The van der Waals surface area contributed by atoms with Crippen molar-refractivity contribution in [1.82, 2.24) is 14.9 Å². The Bertz CT molecular complexity index is 1110. The van der Waals surface area contributed by atoms with E-state index in [1.165, 1.54) is 0 Å². The normalized spacial score (nSPS) is 17.8. The molecule has 124 valence electrons. The van der Waals surface area contributed by atoms with Gasteiger partial charge in [-0.05, 0) is 30.2 Å². The zero-order valence-corrected chi connectivity index (χ0v) is 13.9. The van der Waals surface area contributed by atoms with Gasteiger partial charge >= 0.3 is 0 Å². The Kier molecular flexibility index (Phi) is 2.89. The number of amides is 1. The number of carbonyl (C=O) groups is 1. The van der Waals surface area contributed by atoms with Crippen molar-refractivity contribution in [3.63, 3.8) is 0 Å². The maximum Gasteiger partial charge on any atom is 0.256 e. The van der Waals surface area contributed by atoms with Crippen LogP contribution < -0.4 is 10.9 Å². The Morgan fingerprint density at radius 3 is 2.92 bits per heavy atom. The molecule has 1 atom stereocenters. The molecule has 25 heavy (non-hydrogen) atoms. The van der Waals surface area contributed by atoms with Crippen LogP contribution in [0, 0.1) is 0 Å². The molecule has 1 aromatic carbocycles. The summed E-state index contributed by atoms with van der Waals surface area (Å²) in [7, 11) is 0.